The molecule has 0 saturated carbocycles. The Kier molecular flexibility index (Phi) is 4.30. The number of rotatable bonds is 5. The molecule has 1 N–H and O–H groups in total. The average molecular weight is 338 g/mol. The number of aromatic nitrogens is 1. The minimum absolute atomic E-state index is 0.00444. The van der Waals surface area contributed by atoms with Gasteiger partial charge in [-0.1, -0.05) is 30.3 Å². The van der Waals surface area contributed by atoms with E-state index in [1.165, 1.54) is 18.2 Å². The molecule has 0 aliphatic heterocycles. The molecule has 126 valence electrons. The van der Waals surface area contributed by atoms with Crippen LogP contribution in [0.1, 0.15) is 17.3 Å². The standard InChI is InChI=1S/C18H14N2O5/c1-2-25-17-16(18(21)22)15(11-6-4-3-5-7-11)13-10-12(20(23)24)8-9-14(13)19-17/h3-10H,2H2,1H3,(H,21,22). The van der Waals surface area contributed by atoms with Gasteiger partial charge in [0.15, 0.2) is 0 Å². The Morgan fingerprint density at radius 2 is 1.96 bits per heavy atom. The van der Waals surface area contributed by atoms with Crippen molar-refractivity contribution in [3.05, 3.63) is 64.2 Å². The maximum absolute atomic E-state index is 11.9. The van der Waals surface area contributed by atoms with Gasteiger partial charge in [-0.05, 0) is 18.6 Å². The van der Waals surface area contributed by atoms with Crippen molar-refractivity contribution < 1.29 is 19.6 Å². The first-order valence-electron chi connectivity index (χ1n) is 7.56. The third kappa shape index (κ3) is 2.99. The van der Waals surface area contributed by atoms with Crippen molar-refractivity contribution in [2.45, 2.75) is 6.92 Å². The Labute approximate surface area is 142 Å². The average Bonchev–Trinajstić information content (AvgIpc) is 2.60. The van der Waals surface area contributed by atoms with Gasteiger partial charge in [-0.2, -0.15) is 0 Å². The van der Waals surface area contributed by atoms with E-state index in [4.69, 9.17) is 4.74 Å². The molecule has 0 aliphatic rings. The third-order valence-electron chi connectivity index (χ3n) is 3.70. The van der Waals surface area contributed by atoms with Gasteiger partial charge < -0.3 is 9.84 Å². The molecule has 0 saturated heterocycles. The van der Waals surface area contributed by atoms with E-state index in [2.05, 4.69) is 4.98 Å². The number of carbonyl (C=O) groups is 1. The Morgan fingerprint density at radius 1 is 1.24 bits per heavy atom. The molecule has 0 amide bonds. The first kappa shape index (κ1) is 16.4. The molecular weight excluding hydrogens is 324 g/mol. The van der Waals surface area contributed by atoms with E-state index in [1.54, 1.807) is 37.3 Å². The summed E-state index contributed by atoms with van der Waals surface area (Å²) in [6.45, 7) is 1.98. The normalized spacial score (nSPS) is 10.6. The molecule has 0 atom stereocenters. The molecule has 0 radical (unpaired) electrons. The molecule has 3 rings (SSSR count). The summed E-state index contributed by atoms with van der Waals surface area (Å²) in [6, 6.07) is 13.0. The van der Waals surface area contributed by atoms with Gasteiger partial charge in [0.2, 0.25) is 5.88 Å². The lowest BCUT2D eigenvalue weighted by Gasteiger charge is -2.14. The van der Waals surface area contributed by atoms with Crippen LogP contribution in [0.4, 0.5) is 5.69 Å². The van der Waals surface area contributed by atoms with Crippen molar-refractivity contribution in [3.8, 4) is 17.0 Å². The summed E-state index contributed by atoms with van der Waals surface area (Å²) in [6.07, 6.45) is 0. The lowest BCUT2D eigenvalue weighted by Crippen LogP contribution is -2.08. The number of nitro benzene ring substituents is 1. The smallest absolute Gasteiger partial charge is 0.341 e. The molecule has 0 aliphatic carbocycles. The molecule has 0 unspecified atom stereocenters. The number of carboxylic acid groups (broad SMARTS) is 1. The van der Waals surface area contributed by atoms with Crippen LogP contribution in [0.2, 0.25) is 0 Å². The van der Waals surface area contributed by atoms with Crippen LogP contribution in [-0.4, -0.2) is 27.6 Å². The topological polar surface area (TPSA) is 103 Å². The highest BCUT2D eigenvalue weighted by Gasteiger charge is 2.24. The SMILES string of the molecule is CCOc1nc2ccc([N+](=O)[O-])cc2c(-c2ccccc2)c1C(=O)O. The second-order valence-electron chi connectivity index (χ2n) is 5.23. The predicted molar refractivity (Wildman–Crippen MR) is 92.0 cm³/mol. The summed E-state index contributed by atoms with van der Waals surface area (Å²) in [5.41, 5.74) is 1.16. The number of aromatic carboxylic acids is 1. The number of non-ortho nitro benzene ring substituents is 1. The fourth-order valence-electron chi connectivity index (χ4n) is 2.69. The number of benzene rings is 2. The van der Waals surface area contributed by atoms with Crippen LogP contribution >= 0.6 is 0 Å². The van der Waals surface area contributed by atoms with Crippen molar-refractivity contribution >= 4 is 22.6 Å². The van der Waals surface area contributed by atoms with Gasteiger partial charge in [0.1, 0.15) is 5.56 Å². The monoisotopic (exact) mass is 338 g/mol. The highest BCUT2D eigenvalue weighted by Crippen LogP contribution is 2.37. The fourth-order valence-corrected chi connectivity index (χ4v) is 2.69. The van der Waals surface area contributed by atoms with Gasteiger partial charge in [0, 0.05) is 23.1 Å². The zero-order chi connectivity index (χ0) is 18.0. The Morgan fingerprint density at radius 3 is 2.56 bits per heavy atom. The highest BCUT2D eigenvalue weighted by molar-refractivity contribution is 6.08. The molecule has 7 heteroatoms. The van der Waals surface area contributed by atoms with E-state index in [-0.39, 0.29) is 23.7 Å². The van der Waals surface area contributed by atoms with Crippen LogP contribution in [0.15, 0.2) is 48.5 Å². The van der Waals surface area contributed by atoms with Gasteiger partial charge >= 0.3 is 5.97 Å². The second kappa shape index (κ2) is 6.56. The van der Waals surface area contributed by atoms with Crippen molar-refractivity contribution in [2.75, 3.05) is 6.61 Å². The summed E-state index contributed by atoms with van der Waals surface area (Å²) < 4.78 is 5.42. The van der Waals surface area contributed by atoms with Crippen LogP contribution in [-0.2, 0) is 0 Å². The molecule has 25 heavy (non-hydrogen) atoms. The first-order valence-corrected chi connectivity index (χ1v) is 7.56. The van der Waals surface area contributed by atoms with Crippen LogP contribution in [0.3, 0.4) is 0 Å². The van der Waals surface area contributed by atoms with Crippen molar-refractivity contribution in [1.29, 1.82) is 0 Å². The molecule has 1 aromatic heterocycles. The molecule has 0 spiro atoms. The third-order valence-corrected chi connectivity index (χ3v) is 3.70. The van der Waals surface area contributed by atoms with Crippen molar-refractivity contribution in [3.63, 3.8) is 0 Å². The lowest BCUT2D eigenvalue weighted by molar-refractivity contribution is -0.384. The van der Waals surface area contributed by atoms with E-state index in [9.17, 15) is 20.0 Å². The number of hydrogen-bond donors (Lipinski definition) is 1. The molecule has 7 nitrogen and oxygen atoms in total. The highest BCUT2D eigenvalue weighted by atomic mass is 16.6. The quantitative estimate of drug-likeness (QED) is 0.559. The fraction of sp³-hybridized carbons (Fsp3) is 0.111. The van der Waals surface area contributed by atoms with Gasteiger partial charge in [-0.25, -0.2) is 9.78 Å². The van der Waals surface area contributed by atoms with Crippen LogP contribution in [0.25, 0.3) is 22.0 Å². The summed E-state index contributed by atoms with van der Waals surface area (Å²) in [5.74, 6) is -1.21. The van der Waals surface area contributed by atoms with Crippen LogP contribution in [0, 0.1) is 10.1 Å². The van der Waals surface area contributed by atoms with Crippen LogP contribution in [0.5, 0.6) is 5.88 Å². The maximum atomic E-state index is 11.9. The number of carboxylic acids is 1. The summed E-state index contributed by atoms with van der Waals surface area (Å²) in [5, 5.41) is 21.2. The van der Waals surface area contributed by atoms with Crippen molar-refractivity contribution in [2.24, 2.45) is 0 Å². The van der Waals surface area contributed by atoms with Gasteiger partial charge in [0.05, 0.1) is 17.0 Å². The molecule has 1 heterocycles. The zero-order valence-corrected chi connectivity index (χ0v) is 13.3. The zero-order valence-electron chi connectivity index (χ0n) is 13.3. The van der Waals surface area contributed by atoms with E-state index < -0.39 is 10.9 Å². The van der Waals surface area contributed by atoms with E-state index in [1.807, 2.05) is 0 Å². The van der Waals surface area contributed by atoms with E-state index in [0.29, 0.717) is 22.0 Å². The Balaban J connectivity index is 2.47. The number of fused-ring (bicyclic) bond motifs is 1. The number of ether oxygens (including phenoxy) is 1. The van der Waals surface area contributed by atoms with Gasteiger partial charge in [0.25, 0.3) is 5.69 Å². The van der Waals surface area contributed by atoms with Crippen molar-refractivity contribution in [1.82, 2.24) is 4.98 Å². The predicted octanol–water partition coefficient (Wildman–Crippen LogP) is 3.91. The molecule has 3 aromatic rings. The number of nitrogens with zero attached hydrogens (tertiary/aromatic N) is 2. The minimum atomic E-state index is -1.21. The summed E-state index contributed by atoms with van der Waals surface area (Å²) in [7, 11) is 0. The first-order chi connectivity index (χ1) is 12.0. The summed E-state index contributed by atoms with van der Waals surface area (Å²) >= 11 is 0. The molecule has 0 fully saturated rings. The number of nitro groups is 1. The summed E-state index contributed by atoms with van der Waals surface area (Å²) in [4.78, 5) is 26.7. The van der Waals surface area contributed by atoms with Gasteiger partial charge in [-0.15, -0.1) is 0 Å². The van der Waals surface area contributed by atoms with E-state index in [0.717, 1.165) is 0 Å². The minimum Gasteiger partial charge on any atom is -0.477 e. The maximum Gasteiger partial charge on any atom is 0.341 e. The van der Waals surface area contributed by atoms with Gasteiger partial charge in [-0.3, -0.25) is 10.1 Å². The lowest BCUT2D eigenvalue weighted by atomic mass is 9.95. The number of hydrogen-bond acceptors (Lipinski definition) is 5. The second-order valence-corrected chi connectivity index (χ2v) is 5.23. The molecule has 0 bridgehead atoms. The van der Waals surface area contributed by atoms with Crippen LogP contribution < -0.4 is 4.74 Å². The Hall–Kier alpha value is -3.48. The molecular formula is C18H14N2O5. The largest absolute Gasteiger partial charge is 0.477 e. The number of pyridine rings is 1. The molecule has 2 aromatic carbocycles. The Bertz CT molecular complexity index is 970. The van der Waals surface area contributed by atoms with E-state index >= 15 is 0 Å².